The summed E-state index contributed by atoms with van der Waals surface area (Å²) in [6.07, 6.45) is 7.88. The normalized spacial score (nSPS) is 10.7. The Labute approximate surface area is 135 Å². The summed E-state index contributed by atoms with van der Waals surface area (Å²) in [7, 11) is 0. The average Bonchev–Trinajstić information content (AvgIpc) is 2.56. The maximum absolute atomic E-state index is 13.8. The molecule has 0 bridgehead atoms. The predicted molar refractivity (Wildman–Crippen MR) is 92.5 cm³/mol. The summed E-state index contributed by atoms with van der Waals surface area (Å²) < 4.78 is 13.8. The second kappa shape index (κ2) is 7.49. The zero-order valence-corrected chi connectivity index (χ0v) is 13.3. The molecule has 4 heteroatoms. The molecule has 0 spiro atoms. The Hall–Kier alpha value is -2.75. The fraction of sp³-hybridized carbons (Fsp3) is 0.158. The number of nitrogens with one attached hydrogen (secondary N) is 1. The standard InChI is InChI=1S/C19H19FN2O/c1-4-6-7-14-10-16(12-21-13(14)3)15-8-9-17(20)18(11-15)22-19(23)5-2/h5-12H,2,4H2,1,3H3,(H,22,23)/b7-6-. The highest BCUT2D eigenvalue weighted by atomic mass is 19.1. The fourth-order valence-electron chi connectivity index (χ4n) is 2.11. The number of aryl methyl sites for hydroxylation is 1. The fourth-order valence-corrected chi connectivity index (χ4v) is 2.11. The zero-order valence-electron chi connectivity index (χ0n) is 13.3. The van der Waals surface area contributed by atoms with Crippen LogP contribution in [-0.4, -0.2) is 10.9 Å². The Balaban J connectivity index is 2.42. The first-order chi connectivity index (χ1) is 11.0. The molecule has 0 aliphatic carbocycles. The van der Waals surface area contributed by atoms with Gasteiger partial charge in [-0.15, -0.1) is 0 Å². The van der Waals surface area contributed by atoms with E-state index in [9.17, 15) is 9.18 Å². The molecule has 0 fully saturated rings. The van der Waals surface area contributed by atoms with Crippen LogP contribution in [0.5, 0.6) is 0 Å². The minimum atomic E-state index is -0.491. The number of carbonyl (C=O) groups is 1. The van der Waals surface area contributed by atoms with Gasteiger partial charge in [0.15, 0.2) is 0 Å². The lowest BCUT2D eigenvalue weighted by Gasteiger charge is -2.09. The van der Waals surface area contributed by atoms with Gasteiger partial charge in [-0.25, -0.2) is 4.39 Å². The molecule has 23 heavy (non-hydrogen) atoms. The van der Waals surface area contributed by atoms with E-state index in [0.29, 0.717) is 0 Å². The second-order valence-electron chi connectivity index (χ2n) is 5.10. The van der Waals surface area contributed by atoms with Crippen LogP contribution in [0, 0.1) is 12.7 Å². The van der Waals surface area contributed by atoms with Gasteiger partial charge in [-0.2, -0.15) is 0 Å². The number of pyridine rings is 1. The summed E-state index contributed by atoms with van der Waals surface area (Å²) in [6, 6.07) is 6.59. The van der Waals surface area contributed by atoms with E-state index in [1.807, 2.05) is 19.1 Å². The molecule has 118 valence electrons. The van der Waals surface area contributed by atoms with Crippen LogP contribution in [0.15, 0.2) is 49.2 Å². The van der Waals surface area contributed by atoms with Gasteiger partial charge in [0, 0.05) is 17.5 Å². The van der Waals surface area contributed by atoms with Crippen LogP contribution < -0.4 is 5.32 Å². The minimum Gasteiger partial charge on any atom is -0.320 e. The number of hydrogen-bond acceptors (Lipinski definition) is 2. The topological polar surface area (TPSA) is 42.0 Å². The first kappa shape index (κ1) is 16.6. The van der Waals surface area contributed by atoms with Gasteiger partial charge in [0.05, 0.1) is 5.69 Å². The lowest BCUT2D eigenvalue weighted by molar-refractivity contribution is -0.111. The van der Waals surface area contributed by atoms with E-state index in [0.717, 1.165) is 34.9 Å². The van der Waals surface area contributed by atoms with E-state index in [-0.39, 0.29) is 5.69 Å². The van der Waals surface area contributed by atoms with Gasteiger partial charge in [0.25, 0.3) is 0 Å². The smallest absolute Gasteiger partial charge is 0.247 e. The highest BCUT2D eigenvalue weighted by Gasteiger charge is 2.08. The van der Waals surface area contributed by atoms with E-state index >= 15 is 0 Å². The first-order valence-corrected chi connectivity index (χ1v) is 7.41. The van der Waals surface area contributed by atoms with Crippen molar-refractivity contribution in [1.29, 1.82) is 0 Å². The summed E-state index contributed by atoms with van der Waals surface area (Å²) in [5.74, 6) is -0.940. The average molecular weight is 310 g/mol. The molecular formula is C19H19FN2O. The van der Waals surface area contributed by atoms with E-state index < -0.39 is 11.7 Å². The van der Waals surface area contributed by atoms with Crippen LogP contribution in [0.25, 0.3) is 17.2 Å². The minimum absolute atomic E-state index is 0.124. The molecule has 0 saturated carbocycles. The summed E-state index contributed by atoms with van der Waals surface area (Å²) >= 11 is 0. The summed E-state index contributed by atoms with van der Waals surface area (Å²) in [5, 5.41) is 2.46. The van der Waals surface area contributed by atoms with Gasteiger partial charge in [-0.3, -0.25) is 9.78 Å². The van der Waals surface area contributed by atoms with Gasteiger partial charge < -0.3 is 5.32 Å². The molecule has 0 saturated heterocycles. The van der Waals surface area contributed by atoms with Crippen molar-refractivity contribution >= 4 is 17.7 Å². The first-order valence-electron chi connectivity index (χ1n) is 7.41. The Morgan fingerprint density at radius 3 is 2.83 bits per heavy atom. The highest BCUT2D eigenvalue weighted by Crippen LogP contribution is 2.26. The van der Waals surface area contributed by atoms with Gasteiger partial charge in [0.2, 0.25) is 5.91 Å². The largest absolute Gasteiger partial charge is 0.320 e. The molecule has 2 aromatic rings. The molecule has 1 aromatic carbocycles. The van der Waals surface area contributed by atoms with Crippen molar-refractivity contribution in [2.45, 2.75) is 20.3 Å². The molecule has 0 aliphatic rings. The number of halogens is 1. The van der Waals surface area contributed by atoms with Crippen LogP contribution in [0.4, 0.5) is 10.1 Å². The van der Waals surface area contributed by atoms with E-state index in [4.69, 9.17) is 0 Å². The third kappa shape index (κ3) is 4.13. The molecule has 1 aromatic heterocycles. The molecule has 2 rings (SSSR count). The zero-order chi connectivity index (χ0) is 16.8. The number of amides is 1. The van der Waals surface area contributed by atoms with Gasteiger partial charge in [-0.05, 0) is 48.7 Å². The van der Waals surface area contributed by atoms with Crippen LogP contribution >= 0.6 is 0 Å². The van der Waals surface area contributed by atoms with Crippen molar-refractivity contribution in [2.75, 3.05) is 5.32 Å². The van der Waals surface area contributed by atoms with Crippen molar-refractivity contribution in [3.05, 3.63) is 66.3 Å². The maximum atomic E-state index is 13.8. The predicted octanol–water partition coefficient (Wildman–Crippen LogP) is 4.74. The number of hydrogen-bond donors (Lipinski definition) is 1. The van der Waals surface area contributed by atoms with Crippen LogP contribution in [-0.2, 0) is 4.79 Å². The molecule has 1 heterocycles. The SMILES string of the molecule is C=CC(=O)Nc1cc(-c2cnc(C)c(/C=C\CC)c2)ccc1F. The van der Waals surface area contributed by atoms with Crippen molar-refractivity contribution in [3.63, 3.8) is 0 Å². The van der Waals surface area contributed by atoms with Crippen molar-refractivity contribution in [1.82, 2.24) is 4.98 Å². The molecule has 0 unspecified atom stereocenters. The van der Waals surface area contributed by atoms with Crippen molar-refractivity contribution in [2.24, 2.45) is 0 Å². The monoisotopic (exact) mass is 310 g/mol. The lowest BCUT2D eigenvalue weighted by Crippen LogP contribution is -2.08. The van der Waals surface area contributed by atoms with Gasteiger partial charge >= 0.3 is 0 Å². The van der Waals surface area contributed by atoms with E-state index in [1.165, 1.54) is 6.07 Å². The summed E-state index contributed by atoms with van der Waals surface area (Å²) in [6.45, 7) is 7.38. The quantitative estimate of drug-likeness (QED) is 0.810. The molecular weight excluding hydrogens is 291 g/mol. The van der Waals surface area contributed by atoms with Crippen molar-refractivity contribution in [3.8, 4) is 11.1 Å². The van der Waals surface area contributed by atoms with Crippen LogP contribution in [0.1, 0.15) is 24.6 Å². The number of carbonyl (C=O) groups excluding carboxylic acids is 1. The second-order valence-corrected chi connectivity index (χ2v) is 5.10. The van der Waals surface area contributed by atoms with E-state index in [1.54, 1.807) is 18.3 Å². The van der Waals surface area contributed by atoms with Crippen molar-refractivity contribution < 1.29 is 9.18 Å². The molecule has 1 N–H and O–H groups in total. The molecule has 0 aliphatic heterocycles. The maximum Gasteiger partial charge on any atom is 0.247 e. The number of benzene rings is 1. The Bertz CT molecular complexity index is 766. The molecule has 1 amide bonds. The Kier molecular flexibility index (Phi) is 5.41. The number of allylic oxidation sites excluding steroid dienone is 1. The number of rotatable bonds is 5. The van der Waals surface area contributed by atoms with Crippen LogP contribution in [0.2, 0.25) is 0 Å². The molecule has 3 nitrogen and oxygen atoms in total. The number of nitrogens with zero attached hydrogens (tertiary/aromatic N) is 1. The lowest BCUT2D eigenvalue weighted by atomic mass is 10.0. The summed E-state index contributed by atoms with van der Waals surface area (Å²) in [4.78, 5) is 15.8. The molecule has 0 radical (unpaired) electrons. The third-order valence-corrected chi connectivity index (χ3v) is 3.40. The van der Waals surface area contributed by atoms with Gasteiger partial charge in [0.1, 0.15) is 5.82 Å². The number of aromatic nitrogens is 1. The Morgan fingerprint density at radius 2 is 2.13 bits per heavy atom. The summed E-state index contributed by atoms with van der Waals surface area (Å²) in [5.41, 5.74) is 3.72. The third-order valence-electron chi connectivity index (χ3n) is 3.40. The number of anilines is 1. The highest BCUT2D eigenvalue weighted by molar-refractivity contribution is 5.99. The van der Waals surface area contributed by atoms with E-state index in [2.05, 4.69) is 29.9 Å². The molecule has 0 atom stereocenters. The van der Waals surface area contributed by atoms with Crippen LogP contribution in [0.3, 0.4) is 0 Å². The van der Waals surface area contributed by atoms with Gasteiger partial charge in [-0.1, -0.05) is 31.7 Å². The Morgan fingerprint density at radius 1 is 1.35 bits per heavy atom.